The molecule has 0 aliphatic heterocycles. The smallest absolute Gasteiger partial charge is 0.317 e. The van der Waals surface area contributed by atoms with Crippen LogP contribution in [-0.2, 0) is 13.1 Å². The molecular weight excluding hydrogens is 330 g/mol. The highest BCUT2D eigenvalue weighted by Gasteiger charge is 2.09. The zero-order chi connectivity index (χ0) is 18.4. The number of carbonyl (C=O) groups is 1. The summed E-state index contributed by atoms with van der Waals surface area (Å²) in [4.78, 5) is 22.3. The summed E-state index contributed by atoms with van der Waals surface area (Å²) in [5.41, 5.74) is 1.94. The normalized spacial score (nSPS) is 10.4. The Morgan fingerprint density at radius 3 is 2.85 bits per heavy atom. The molecule has 0 spiro atoms. The fraction of sp³-hybridized carbons (Fsp3) is 0.211. The van der Waals surface area contributed by atoms with Gasteiger partial charge in [-0.05, 0) is 29.3 Å². The molecule has 1 aromatic carbocycles. The Balaban J connectivity index is 1.52. The molecule has 0 bridgehead atoms. The number of hydrogen-bond donors (Lipinski definition) is 1. The van der Waals surface area contributed by atoms with Crippen LogP contribution in [0.4, 0.5) is 4.79 Å². The van der Waals surface area contributed by atoms with Gasteiger partial charge in [-0.3, -0.25) is 4.57 Å². The molecule has 0 aliphatic carbocycles. The van der Waals surface area contributed by atoms with Crippen LogP contribution in [0.15, 0.2) is 61.3 Å². The van der Waals surface area contributed by atoms with Gasteiger partial charge in [0, 0.05) is 38.7 Å². The number of nitrogens with zero attached hydrogens (tertiary/aromatic N) is 4. The Bertz CT molecular complexity index is 847. The lowest BCUT2D eigenvalue weighted by atomic mass is 10.2. The highest BCUT2D eigenvalue weighted by molar-refractivity contribution is 5.73. The molecule has 2 amide bonds. The van der Waals surface area contributed by atoms with Crippen molar-refractivity contribution in [2.45, 2.75) is 13.1 Å². The van der Waals surface area contributed by atoms with Crippen LogP contribution < -0.4 is 10.1 Å². The number of hydrogen-bond acceptors (Lipinski definition) is 4. The van der Waals surface area contributed by atoms with E-state index in [1.54, 1.807) is 37.8 Å². The van der Waals surface area contributed by atoms with Crippen LogP contribution in [0.3, 0.4) is 0 Å². The summed E-state index contributed by atoms with van der Waals surface area (Å²) in [6, 6.07) is 11.4. The van der Waals surface area contributed by atoms with E-state index >= 15 is 0 Å². The second kappa shape index (κ2) is 8.15. The molecule has 0 saturated carbocycles. The summed E-state index contributed by atoms with van der Waals surface area (Å²) in [5.74, 6) is 1.56. The molecule has 2 aromatic heterocycles. The zero-order valence-corrected chi connectivity index (χ0v) is 14.8. The van der Waals surface area contributed by atoms with Crippen molar-refractivity contribution in [3.63, 3.8) is 0 Å². The molecule has 0 atom stereocenters. The van der Waals surface area contributed by atoms with E-state index in [0.717, 1.165) is 22.7 Å². The summed E-state index contributed by atoms with van der Waals surface area (Å²) in [6.07, 6.45) is 6.97. The van der Waals surface area contributed by atoms with E-state index in [2.05, 4.69) is 15.3 Å². The van der Waals surface area contributed by atoms with E-state index in [-0.39, 0.29) is 6.03 Å². The molecule has 26 heavy (non-hydrogen) atoms. The molecular formula is C19H21N5O2. The first-order valence-electron chi connectivity index (χ1n) is 8.21. The van der Waals surface area contributed by atoms with Crippen molar-refractivity contribution >= 4 is 6.03 Å². The van der Waals surface area contributed by atoms with E-state index in [1.165, 1.54) is 0 Å². The number of urea groups is 1. The molecule has 0 radical (unpaired) electrons. The maximum atomic E-state index is 12.3. The van der Waals surface area contributed by atoms with Gasteiger partial charge in [0.1, 0.15) is 17.9 Å². The fourth-order valence-electron chi connectivity index (χ4n) is 2.50. The van der Waals surface area contributed by atoms with Crippen molar-refractivity contribution in [2.24, 2.45) is 0 Å². The molecule has 0 aliphatic rings. The van der Waals surface area contributed by atoms with Crippen LogP contribution in [-0.4, -0.2) is 39.6 Å². The lowest BCUT2D eigenvalue weighted by molar-refractivity contribution is 0.206. The van der Waals surface area contributed by atoms with Crippen molar-refractivity contribution in [3.8, 4) is 11.6 Å². The molecule has 0 fully saturated rings. The third-order valence-electron chi connectivity index (χ3n) is 3.92. The number of ether oxygens (including phenoxy) is 1. The fourth-order valence-corrected chi connectivity index (χ4v) is 2.50. The monoisotopic (exact) mass is 351 g/mol. The first-order valence-corrected chi connectivity index (χ1v) is 8.21. The predicted octanol–water partition coefficient (Wildman–Crippen LogP) is 2.62. The number of methoxy groups -OCH3 is 1. The topological polar surface area (TPSA) is 72.3 Å². The second-order valence-corrected chi connectivity index (χ2v) is 5.86. The predicted molar refractivity (Wildman–Crippen MR) is 98.1 cm³/mol. The average molecular weight is 351 g/mol. The van der Waals surface area contributed by atoms with E-state index < -0.39 is 0 Å². The first kappa shape index (κ1) is 17.5. The highest BCUT2D eigenvalue weighted by Crippen LogP contribution is 2.14. The molecule has 3 rings (SSSR count). The van der Waals surface area contributed by atoms with Crippen molar-refractivity contribution in [1.29, 1.82) is 0 Å². The largest absolute Gasteiger partial charge is 0.497 e. The molecule has 7 heteroatoms. The number of amides is 2. The molecule has 0 saturated heterocycles. The van der Waals surface area contributed by atoms with E-state index in [0.29, 0.717) is 13.1 Å². The SMILES string of the molecule is COc1cccc(CN(C)C(=O)NCc2ccc(-n3ccnc3)nc2)c1. The van der Waals surface area contributed by atoms with Gasteiger partial charge in [0.2, 0.25) is 0 Å². The molecule has 3 aromatic rings. The number of rotatable bonds is 6. The Labute approximate surface area is 152 Å². The molecule has 1 N–H and O–H groups in total. The van der Waals surface area contributed by atoms with Gasteiger partial charge in [-0.15, -0.1) is 0 Å². The summed E-state index contributed by atoms with van der Waals surface area (Å²) in [6.45, 7) is 0.916. The van der Waals surface area contributed by atoms with Gasteiger partial charge in [0.05, 0.1) is 7.11 Å². The Kier molecular flexibility index (Phi) is 5.48. The lowest BCUT2D eigenvalue weighted by Gasteiger charge is -2.18. The van der Waals surface area contributed by atoms with Crippen molar-refractivity contribution in [1.82, 2.24) is 24.8 Å². The number of carbonyl (C=O) groups excluding carboxylic acids is 1. The van der Waals surface area contributed by atoms with Gasteiger partial charge in [0.25, 0.3) is 0 Å². The van der Waals surface area contributed by atoms with Crippen molar-refractivity contribution in [3.05, 3.63) is 72.4 Å². The molecule has 0 unspecified atom stereocenters. The summed E-state index contributed by atoms with van der Waals surface area (Å²) < 4.78 is 7.03. The Morgan fingerprint density at radius 1 is 1.27 bits per heavy atom. The quantitative estimate of drug-likeness (QED) is 0.741. The van der Waals surface area contributed by atoms with E-state index in [1.807, 2.05) is 47.2 Å². The maximum absolute atomic E-state index is 12.3. The number of nitrogens with one attached hydrogen (secondary N) is 1. The van der Waals surface area contributed by atoms with Crippen LogP contribution in [0.1, 0.15) is 11.1 Å². The van der Waals surface area contributed by atoms with Crippen LogP contribution in [0, 0.1) is 0 Å². The first-order chi connectivity index (χ1) is 12.7. The number of aromatic nitrogens is 3. The Hall–Kier alpha value is -3.35. The van der Waals surface area contributed by atoms with Gasteiger partial charge < -0.3 is 15.0 Å². The molecule has 2 heterocycles. The zero-order valence-electron chi connectivity index (χ0n) is 14.8. The van der Waals surface area contributed by atoms with Gasteiger partial charge in [-0.2, -0.15) is 0 Å². The second-order valence-electron chi connectivity index (χ2n) is 5.86. The Morgan fingerprint density at radius 2 is 2.15 bits per heavy atom. The van der Waals surface area contributed by atoms with E-state index in [9.17, 15) is 4.79 Å². The minimum atomic E-state index is -0.147. The number of imidazole rings is 1. The van der Waals surface area contributed by atoms with Gasteiger partial charge >= 0.3 is 6.03 Å². The van der Waals surface area contributed by atoms with Gasteiger partial charge in [-0.25, -0.2) is 14.8 Å². The summed E-state index contributed by atoms with van der Waals surface area (Å²) >= 11 is 0. The number of pyridine rings is 1. The van der Waals surface area contributed by atoms with Crippen LogP contribution in [0.25, 0.3) is 5.82 Å². The van der Waals surface area contributed by atoms with Crippen molar-refractivity contribution in [2.75, 3.05) is 14.2 Å². The third kappa shape index (κ3) is 4.38. The summed E-state index contributed by atoms with van der Waals surface area (Å²) in [5, 5.41) is 2.90. The average Bonchev–Trinajstić information content (AvgIpc) is 3.21. The van der Waals surface area contributed by atoms with Crippen LogP contribution >= 0.6 is 0 Å². The van der Waals surface area contributed by atoms with Crippen molar-refractivity contribution < 1.29 is 9.53 Å². The van der Waals surface area contributed by atoms with Crippen LogP contribution in [0.5, 0.6) is 5.75 Å². The maximum Gasteiger partial charge on any atom is 0.317 e. The third-order valence-corrected chi connectivity index (χ3v) is 3.92. The lowest BCUT2D eigenvalue weighted by Crippen LogP contribution is -2.36. The van der Waals surface area contributed by atoms with Gasteiger partial charge in [0.15, 0.2) is 0 Å². The number of benzene rings is 1. The minimum absolute atomic E-state index is 0.147. The summed E-state index contributed by atoms with van der Waals surface area (Å²) in [7, 11) is 3.39. The van der Waals surface area contributed by atoms with Crippen LogP contribution in [0.2, 0.25) is 0 Å². The van der Waals surface area contributed by atoms with Gasteiger partial charge in [-0.1, -0.05) is 18.2 Å². The minimum Gasteiger partial charge on any atom is -0.497 e. The molecule has 7 nitrogen and oxygen atoms in total. The highest BCUT2D eigenvalue weighted by atomic mass is 16.5. The molecule has 134 valence electrons. The van der Waals surface area contributed by atoms with E-state index in [4.69, 9.17) is 4.74 Å². The standard InChI is InChI=1S/C19H21N5O2/c1-23(13-15-4-3-5-17(10-15)26-2)19(25)22-12-16-6-7-18(21-11-16)24-9-8-20-14-24/h3-11,14H,12-13H2,1-2H3,(H,22,25).